The summed E-state index contributed by atoms with van der Waals surface area (Å²) in [6, 6.07) is 0. The van der Waals surface area contributed by atoms with E-state index in [0.29, 0.717) is 0 Å². The second-order valence-electron chi connectivity index (χ2n) is 0. The van der Waals surface area contributed by atoms with Crippen LogP contribution >= 0.6 is 0 Å². The first-order valence-corrected chi connectivity index (χ1v) is 1.30. The first-order chi connectivity index (χ1) is 1.00. The van der Waals surface area contributed by atoms with E-state index in [1.165, 1.54) is 0 Å². The molecule has 0 saturated carbocycles. The fourth-order valence-electron chi connectivity index (χ4n) is 0. The summed E-state index contributed by atoms with van der Waals surface area (Å²) in [4.78, 5) is 0. The van der Waals surface area contributed by atoms with Crippen molar-refractivity contribution in [3.05, 3.63) is 0 Å². The van der Waals surface area contributed by atoms with Crippen molar-refractivity contribution in [1.29, 1.82) is 0 Å². The third-order valence-corrected chi connectivity index (χ3v) is 0. The number of rotatable bonds is 0. The fourth-order valence-corrected chi connectivity index (χ4v) is 0. The second-order valence-corrected chi connectivity index (χ2v) is 0. The first-order valence-electron chi connectivity index (χ1n) is 0.316. The molecule has 0 heterocycles. The molecule has 0 aliphatic heterocycles. The van der Waals surface area contributed by atoms with Crippen LogP contribution in [0.2, 0.25) is 0 Å². The van der Waals surface area contributed by atoms with Crippen LogP contribution in [0.25, 0.3) is 0 Å². The van der Waals surface area contributed by atoms with Crippen molar-refractivity contribution >= 4 is 6.74 Å². The third kappa shape index (κ3) is 19.3. The summed E-state index contributed by atoms with van der Waals surface area (Å²) in [5, 5.41) is 0. The van der Waals surface area contributed by atoms with Crippen LogP contribution in [-0.2, 0) is 51.8 Å². The fraction of sp³-hybridized carbons (Fsp3) is 0. The van der Waals surface area contributed by atoms with Crippen LogP contribution in [0.3, 0.4) is 0 Å². The molecule has 0 nitrogen and oxygen atoms in total. The van der Waals surface area contributed by atoms with Crippen LogP contribution in [0.1, 0.15) is 0 Å². The van der Waals surface area contributed by atoms with Gasteiger partial charge in [-0.1, -0.05) is 0 Å². The second kappa shape index (κ2) is 27.7. The predicted octanol–water partition coefficient (Wildman–Crippen LogP) is -0.924. The summed E-state index contributed by atoms with van der Waals surface area (Å²) in [5.41, 5.74) is 0. The summed E-state index contributed by atoms with van der Waals surface area (Å²) >= 11 is 3.88. The van der Waals surface area contributed by atoms with E-state index in [0.717, 1.165) is 0 Å². The van der Waals surface area contributed by atoms with Gasteiger partial charge in [-0.25, -0.2) is 0 Å². The van der Waals surface area contributed by atoms with Crippen LogP contribution in [0.4, 0.5) is 0 Å². The molecule has 0 aromatic carbocycles. The van der Waals surface area contributed by atoms with Gasteiger partial charge in [0.25, 0.3) is 0 Å². The molecule has 0 aromatic heterocycles. The molecular weight excluding hydrogens is 335 g/mol. The molecule has 0 amide bonds. The van der Waals surface area contributed by atoms with Crippen LogP contribution in [0.5, 0.6) is 0 Å². The Hall–Kier alpha value is 3.05. The first kappa shape index (κ1) is 24.4. The maximum atomic E-state index is 3.88. The Labute approximate surface area is 97.4 Å². The summed E-state index contributed by atoms with van der Waals surface area (Å²) in [7, 11) is 0. The number of hydrogen-bond acceptors (Lipinski definition) is 0. The van der Waals surface area contributed by atoms with Crippen molar-refractivity contribution in [1.82, 2.24) is 0 Å². The van der Waals surface area contributed by atoms with Crippen molar-refractivity contribution in [3.8, 4) is 0 Å². The zero-order chi connectivity index (χ0) is 2.00. The third-order valence-electron chi connectivity index (χ3n) is 0. The van der Waals surface area contributed by atoms with E-state index < -0.39 is 0 Å². The SMILES string of the molecule is [BH2][Ni].[Fe].[Nd].[Zn]. The molecule has 5 heavy (non-hydrogen) atoms. The molecule has 0 aliphatic carbocycles. The largest absolute Gasteiger partial charge is 0 e. The maximum Gasteiger partial charge on any atom is 0 e. The molecule has 0 saturated heterocycles. The Balaban J connectivity index is -0.00000000167. The van der Waals surface area contributed by atoms with Crippen molar-refractivity contribution in [2.75, 3.05) is 0 Å². The average molecular weight is 337 g/mol. The van der Waals surface area contributed by atoms with E-state index in [2.05, 4.69) is 15.3 Å². The van der Waals surface area contributed by atoms with E-state index in [1.807, 2.05) is 0 Å². The molecule has 0 bridgehead atoms. The van der Waals surface area contributed by atoms with Crippen molar-refractivity contribution < 1.29 is 92.7 Å². The minimum Gasteiger partial charge on any atom is 0 e. The van der Waals surface area contributed by atoms with Crippen molar-refractivity contribution in [3.63, 3.8) is 0 Å². The van der Waals surface area contributed by atoms with Gasteiger partial charge in [-0.2, -0.15) is 0 Å². The molecule has 29 valence electrons. The standard InChI is InChI=1S/BH2.Fe.Nd.Ni.Zn/h1H2;;;;/q+1;;;-1;. The summed E-state index contributed by atoms with van der Waals surface area (Å²) in [6.45, 7) is 1.62. The maximum absolute atomic E-state index is 3.88. The molecule has 0 aromatic rings. The van der Waals surface area contributed by atoms with E-state index in [1.54, 1.807) is 6.74 Å². The number of hydrogen-bond donors (Lipinski definition) is 0. The molecule has 0 aliphatic rings. The quantitative estimate of drug-likeness (QED) is 0.502. The molecule has 0 unspecified atom stereocenters. The van der Waals surface area contributed by atoms with E-state index >= 15 is 0 Å². The minimum absolute atomic E-state index is 0. The molecule has 0 fully saturated rings. The van der Waals surface area contributed by atoms with Gasteiger partial charge in [0.1, 0.15) is 0 Å². The van der Waals surface area contributed by atoms with Crippen LogP contribution in [-0.4, -0.2) is 6.74 Å². The zero-order valence-electron chi connectivity index (χ0n) is 2.88. The van der Waals surface area contributed by atoms with Crippen LogP contribution < -0.4 is 0 Å². The van der Waals surface area contributed by atoms with Gasteiger partial charge in [-0.15, -0.1) is 0 Å². The van der Waals surface area contributed by atoms with E-state index in [4.69, 9.17) is 0 Å². The van der Waals surface area contributed by atoms with Crippen LogP contribution in [0.15, 0.2) is 0 Å². The molecule has 0 radical (unpaired) electrons. The Kier molecular flexibility index (Phi) is 135. The van der Waals surface area contributed by atoms with E-state index in [9.17, 15) is 0 Å². The van der Waals surface area contributed by atoms with Gasteiger partial charge in [-0.05, 0) is 0 Å². The van der Waals surface area contributed by atoms with Gasteiger partial charge in [0.15, 0.2) is 0 Å². The van der Waals surface area contributed by atoms with Crippen molar-refractivity contribution in [2.24, 2.45) is 0 Å². The summed E-state index contributed by atoms with van der Waals surface area (Å²) in [6.07, 6.45) is 0. The van der Waals surface area contributed by atoms with Gasteiger partial charge in [0.2, 0.25) is 0 Å². The smallest absolute Gasteiger partial charge is 0 e. The predicted molar refractivity (Wildman–Crippen MR) is 8.54 cm³/mol. The Morgan fingerprint density at radius 2 is 1.20 bits per heavy atom. The normalized spacial score (nSPS) is 1.20. The topological polar surface area (TPSA) is 0 Å². The molecule has 0 N–H and O–H groups in total. The molecular formula is H2BFeNdNiZn. The Morgan fingerprint density at radius 1 is 1.20 bits per heavy atom. The van der Waals surface area contributed by atoms with Crippen molar-refractivity contribution in [2.45, 2.75) is 0 Å². The minimum atomic E-state index is 0. The van der Waals surface area contributed by atoms with Crippen LogP contribution in [0, 0.1) is 40.8 Å². The Morgan fingerprint density at radius 3 is 1.20 bits per heavy atom. The van der Waals surface area contributed by atoms with Gasteiger partial charge >= 0.3 is 22.0 Å². The zero-order valence-corrected chi connectivity index (χ0v) is 11.1. The van der Waals surface area contributed by atoms with Gasteiger partial charge in [-0.3, -0.25) is 0 Å². The Bertz CT molecular complexity index is 11.6. The van der Waals surface area contributed by atoms with E-state index in [-0.39, 0.29) is 77.4 Å². The molecule has 0 spiro atoms. The van der Waals surface area contributed by atoms with Gasteiger partial charge in [0, 0.05) is 77.4 Å². The average Bonchev–Trinajstić information content (AvgIpc) is 1.00. The molecule has 0 rings (SSSR count). The summed E-state index contributed by atoms with van der Waals surface area (Å²) in [5.74, 6) is 0. The molecule has 5 heteroatoms. The molecule has 0 atom stereocenters. The monoisotopic (exact) mass is 333 g/mol. The van der Waals surface area contributed by atoms with Gasteiger partial charge in [0.05, 0.1) is 0 Å². The summed E-state index contributed by atoms with van der Waals surface area (Å²) < 4.78 is 0. The van der Waals surface area contributed by atoms with Gasteiger partial charge < -0.3 is 0 Å².